The molecule has 1 unspecified atom stereocenters. The van der Waals surface area contributed by atoms with Gasteiger partial charge in [0.1, 0.15) is 17.4 Å². The van der Waals surface area contributed by atoms with Crippen LogP contribution in [0.1, 0.15) is 53.2 Å². The number of phenolic OH excluding ortho intramolecular Hbond substituents is 1. The van der Waals surface area contributed by atoms with E-state index < -0.39 is 22.6 Å². The Kier molecular flexibility index (Phi) is 6.74. The molecule has 36 heavy (non-hydrogen) atoms. The topological polar surface area (TPSA) is 86.4 Å². The molecule has 0 bridgehead atoms. The number of imidazole rings is 1. The molecule has 1 atom stereocenters. The number of phenols is 1. The molecule has 2 aromatic heterocycles. The van der Waals surface area contributed by atoms with Gasteiger partial charge in [0.2, 0.25) is 0 Å². The summed E-state index contributed by atoms with van der Waals surface area (Å²) in [6.45, 7) is 4.06. The zero-order valence-electron chi connectivity index (χ0n) is 19.8. The molecular weight excluding hydrogens is 549 g/mol. The molecule has 1 aliphatic rings. The number of benzene rings is 2. The van der Waals surface area contributed by atoms with Crippen molar-refractivity contribution >= 4 is 43.6 Å². The molecule has 1 saturated carbocycles. The molecule has 0 radical (unpaired) electrons. The number of fused-ring (bicyclic) bond motifs is 1. The quantitative estimate of drug-likeness (QED) is 0.276. The van der Waals surface area contributed by atoms with Crippen molar-refractivity contribution in [2.24, 2.45) is 0 Å². The first-order chi connectivity index (χ1) is 17.3. The standard InChI is InChI=1S/C26H25BrFN3O4S/c1-3-35-26(33)24-22(14-36(34)18-8-4-16(28)5-9-18)31(17-6-7-17)21-12-20(27)25(32)19(23(21)24)13-30-11-10-29-15(30)2/h4-5,8-12,17,32H,3,6-7,13-14H2,1-2H3. The minimum Gasteiger partial charge on any atom is -0.506 e. The number of ether oxygens (including phenoxy) is 1. The Morgan fingerprint density at radius 2 is 2.03 bits per heavy atom. The number of aromatic hydroxyl groups is 1. The van der Waals surface area contributed by atoms with Gasteiger partial charge in [-0.3, -0.25) is 4.21 Å². The van der Waals surface area contributed by atoms with E-state index >= 15 is 0 Å². The van der Waals surface area contributed by atoms with Crippen molar-refractivity contribution < 1.29 is 23.2 Å². The average Bonchev–Trinajstić information content (AvgIpc) is 3.53. The van der Waals surface area contributed by atoms with Crippen molar-refractivity contribution in [3.8, 4) is 5.75 Å². The lowest BCUT2D eigenvalue weighted by molar-refractivity contribution is 0.0527. The van der Waals surface area contributed by atoms with Gasteiger partial charge in [0, 0.05) is 40.0 Å². The smallest absolute Gasteiger partial charge is 0.340 e. The zero-order valence-corrected chi connectivity index (χ0v) is 22.2. The summed E-state index contributed by atoms with van der Waals surface area (Å²) in [5, 5.41) is 11.7. The Morgan fingerprint density at radius 3 is 2.64 bits per heavy atom. The van der Waals surface area contributed by atoms with E-state index in [2.05, 4.69) is 25.5 Å². The number of aromatic nitrogens is 3. The van der Waals surface area contributed by atoms with Crippen molar-refractivity contribution in [3.63, 3.8) is 0 Å². The minimum absolute atomic E-state index is 0.0281. The van der Waals surface area contributed by atoms with Crippen LogP contribution in [0.5, 0.6) is 5.75 Å². The number of carbonyl (C=O) groups is 1. The molecule has 0 spiro atoms. The highest BCUT2D eigenvalue weighted by molar-refractivity contribution is 9.10. The van der Waals surface area contributed by atoms with Crippen LogP contribution in [0.3, 0.4) is 0 Å². The fourth-order valence-corrected chi connectivity index (χ4v) is 6.15. The molecule has 7 nitrogen and oxygen atoms in total. The number of carbonyl (C=O) groups excluding carboxylic acids is 1. The molecule has 2 heterocycles. The van der Waals surface area contributed by atoms with E-state index in [1.54, 1.807) is 19.2 Å². The van der Waals surface area contributed by atoms with Crippen molar-refractivity contribution in [2.45, 2.75) is 49.9 Å². The van der Waals surface area contributed by atoms with Crippen LogP contribution in [0.25, 0.3) is 10.9 Å². The summed E-state index contributed by atoms with van der Waals surface area (Å²) in [6, 6.07) is 7.49. The lowest BCUT2D eigenvalue weighted by Gasteiger charge is -2.13. The maximum Gasteiger partial charge on any atom is 0.340 e. The summed E-state index contributed by atoms with van der Waals surface area (Å²) < 4.78 is 36.8. The molecule has 1 aliphatic carbocycles. The maximum absolute atomic E-state index is 13.5. The highest BCUT2D eigenvalue weighted by atomic mass is 79.9. The van der Waals surface area contributed by atoms with Gasteiger partial charge in [-0.1, -0.05) is 0 Å². The molecule has 1 N–H and O–H groups in total. The van der Waals surface area contributed by atoms with Crippen molar-refractivity contribution in [3.05, 3.63) is 75.7 Å². The summed E-state index contributed by atoms with van der Waals surface area (Å²) in [4.78, 5) is 18.2. The molecule has 4 aromatic rings. The number of hydrogen-bond donors (Lipinski definition) is 1. The van der Waals surface area contributed by atoms with Crippen molar-refractivity contribution in [1.82, 2.24) is 14.1 Å². The summed E-state index contributed by atoms with van der Waals surface area (Å²) in [5.74, 6) is -0.0969. The molecule has 5 rings (SSSR count). The van der Waals surface area contributed by atoms with Gasteiger partial charge in [0.15, 0.2) is 0 Å². The van der Waals surface area contributed by atoms with Crippen LogP contribution in [0, 0.1) is 12.7 Å². The molecule has 1 fully saturated rings. The largest absolute Gasteiger partial charge is 0.506 e. The van der Waals surface area contributed by atoms with Crippen LogP contribution >= 0.6 is 15.9 Å². The molecule has 0 aliphatic heterocycles. The van der Waals surface area contributed by atoms with E-state index in [9.17, 15) is 18.5 Å². The third-order valence-corrected chi connectivity index (χ3v) is 8.35. The molecule has 0 saturated heterocycles. The van der Waals surface area contributed by atoms with E-state index in [1.165, 1.54) is 24.3 Å². The van der Waals surface area contributed by atoms with Gasteiger partial charge >= 0.3 is 5.97 Å². The summed E-state index contributed by atoms with van der Waals surface area (Å²) in [7, 11) is -1.54. The molecule has 188 valence electrons. The summed E-state index contributed by atoms with van der Waals surface area (Å²) in [5.41, 5.74) is 2.22. The van der Waals surface area contributed by atoms with Gasteiger partial charge in [0.05, 0.1) is 45.3 Å². The van der Waals surface area contributed by atoms with Gasteiger partial charge < -0.3 is 19.0 Å². The number of hydrogen-bond acceptors (Lipinski definition) is 5. The van der Waals surface area contributed by atoms with Crippen LogP contribution in [-0.2, 0) is 27.8 Å². The normalized spacial score (nSPS) is 14.3. The first-order valence-electron chi connectivity index (χ1n) is 11.7. The van der Waals surface area contributed by atoms with E-state index in [1.807, 2.05) is 17.7 Å². The first-order valence-corrected chi connectivity index (χ1v) is 13.8. The Balaban J connectivity index is 1.76. The number of aryl methyl sites for hydroxylation is 1. The van der Waals surface area contributed by atoms with E-state index in [-0.39, 0.29) is 30.7 Å². The highest BCUT2D eigenvalue weighted by Crippen LogP contribution is 2.46. The van der Waals surface area contributed by atoms with Crippen LogP contribution in [0.2, 0.25) is 0 Å². The van der Waals surface area contributed by atoms with Crippen LogP contribution in [0.4, 0.5) is 4.39 Å². The van der Waals surface area contributed by atoms with Gasteiger partial charge in [-0.15, -0.1) is 0 Å². The SMILES string of the molecule is CCOC(=O)c1c(CS(=O)c2ccc(F)cc2)n(C2CC2)c2cc(Br)c(O)c(Cn3ccnc3C)c12. The molecular formula is C26H25BrFN3O4S. The van der Waals surface area contributed by atoms with Gasteiger partial charge in [-0.25, -0.2) is 14.2 Å². The Bertz CT molecular complexity index is 1490. The number of halogens is 2. The molecule has 0 amide bonds. The predicted octanol–water partition coefficient (Wildman–Crippen LogP) is 5.62. The number of rotatable bonds is 8. The predicted molar refractivity (Wildman–Crippen MR) is 138 cm³/mol. The summed E-state index contributed by atoms with van der Waals surface area (Å²) in [6.07, 6.45) is 5.35. The van der Waals surface area contributed by atoms with E-state index in [4.69, 9.17) is 4.74 Å². The lowest BCUT2D eigenvalue weighted by Crippen LogP contribution is -2.12. The van der Waals surface area contributed by atoms with Crippen LogP contribution in [-0.4, -0.2) is 36.0 Å². The highest BCUT2D eigenvalue weighted by Gasteiger charge is 2.35. The zero-order chi connectivity index (χ0) is 25.6. The lowest BCUT2D eigenvalue weighted by atomic mass is 10.0. The Hall–Kier alpha value is -2.98. The van der Waals surface area contributed by atoms with E-state index in [0.717, 1.165) is 24.2 Å². The summed E-state index contributed by atoms with van der Waals surface area (Å²) >= 11 is 3.49. The first kappa shape index (κ1) is 24.7. The van der Waals surface area contributed by atoms with Crippen LogP contribution in [0.15, 0.2) is 52.1 Å². The van der Waals surface area contributed by atoms with Crippen LogP contribution < -0.4 is 0 Å². The van der Waals surface area contributed by atoms with E-state index in [0.29, 0.717) is 31.6 Å². The van der Waals surface area contributed by atoms with Gasteiger partial charge in [-0.2, -0.15) is 0 Å². The third-order valence-electron chi connectivity index (χ3n) is 6.41. The van der Waals surface area contributed by atoms with Gasteiger partial charge in [-0.05, 0) is 73.0 Å². The minimum atomic E-state index is -1.54. The van der Waals surface area contributed by atoms with Gasteiger partial charge in [0.25, 0.3) is 0 Å². The second-order valence-electron chi connectivity index (χ2n) is 8.77. The molecule has 2 aromatic carbocycles. The Labute approximate surface area is 218 Å². The Morgan fingerprint density at radius 1 is 1.31 bits per heavy atom. The second-order valence-corrected chi connectivity index (χ2v) is 11.1. The third kappa shape index (κ3) is 4.48. The maximum atomic E-state index is 13.5. The second kappa shape index (κ2) is 9.82. The number of esters is 1. The molecule has 10 heteroatoms. The van der Waals surface area contributed by atoms with Crippen molar-refractivity contribution in [2.75, 3.05) is 6.61 Å². The van der Waals surface area contributed by atoms with Crippen molar-refractivity contribution in [1.29, 1.82) is 0 Å². The fraction of sp³-hybridized carbons (Fsp3) is 0.308. The number of nitrogens with zero attached hydrogens (tertiary/aromatic N) is 3. The fourth-order valence-electron chi connectivity index (χ4n) is 4.56. The monoisotopic (exact) mass is 573 g/mol. The average molecular weight is 574 g/mol.